The summed E-state index contributed by atoms with van der Waals surface area (Å²) < 4.78 is 19.5. The molecule has 1 aromatic carbocycles. The molecule has 22 heavy (non-hydrogen) atoms. The molecule has 3 rings (SSSR count). The second kappa shape index (κ2) is 6.32. The number of carboxylic acids is 1. The molecule has 0 bridgehead atoms. The lowest BCUT2D eigenvalue weighted by molar-refractivity contribution is -0.144. The Morgan fingerprint density at radius 3 is 2.86 bits per heavy atom. The number of rotatable bonds is 4. The van der Waals surface area contributed by atoms with Crippen LogP contribution in [0.4, 0.5) is 4.39 Å². The van der Waals surface area contributed by atoms with Crippen LogP contribution >= 0.6 is 0 Å². The van der Waals surface area contributed by atoms with Crippen LogP contribution in [0.5, 0.6) is 0 Å². The molecule has 5 heteroatoms. The van der Waals surface area contributed by atoms with Crippen LogP contribution < -0.4 is 0 Å². The molecule has 1 fully saturated rings. The number of nitrogens with zero attached hydrogens (tertiary/aromatic N) is 1. The largest absolute Gasteiger partial charge is 0.480 e. The summed E-state index contributed by atoms with van der Waals surface area (Å²) in [5, 5.41) is 9.28. The average molecular weight is 303 g/mol. The quantitative estimate of drug-likeness (QED) is 0.939. The Bertz CT molecular complexity index is 667. The first kappa shape index (κ1) is 14.8. The summed E-state index contributed by atoms with van der Waals surface area (Å²) in [7, 11) is 0. The Labute approximate surface area is 128 Å². The number of hydrogen-bond donors (Lipinski definition) is 1. The number of hydrogen-bond acceptors (Lipinski definition) is 3. The van der Waals surface area contributed by atoms with Crippen molar-refractivity contribution >= 4 is 5.97 Å². The van der Waals surface area contributed by atoms with Gasteiger partial charge in [-0.1, -0.05) is 18.6 Å². The fourth-order valence-corrected chi connectivity index (χ4v) is 2.93. The molecule has 4 nitrogen and oxygen atoms in total. The molecule has 1 unspecified atom stereocenters. The third-order valence-corrected chi connectivity index (χ3v) is 4.06. The third-order valence-electron chi connectivity index (χ3n) is 4.06. The number of likely N-dealkylation sites (tertiary alicyclic amines) is 1. The summed E-state index contributed by atoms with van der Waals surface area (Å²) in [6.07, 6.45) is 2.59. The summed E-state index contributed by atoms with van der Waals surface area (Å²) in [5.41, 5.74) is 0.419. The smallest absolute Gasteiger partial charge is 0.320 e. The first-order valence-corrected chi connectivity index (χ1v) is 7.45. The maximum atomic E-state index is 13.8. The van der Waals surface area contributed by atoms with Crippen LogP contribution in [0.15, 0.2) is 40.8 Å². The summed E-state index contributed by atoms with van der Waals surface area (Å²) in [6, 6.07) is 9.50. The maximum absolute atomic E-state index is 13.8. The van der Waals surface area contributed by atoms with E-state index in [0.717, 1.165) is 19.4 Å². The predicted molar refractivity (Wildman–Crippen MR) is 79.8 cm³/mol. The third kappa shape index (κ3) is 3.04. The van der Waals surface area contributed by atoms with Gasteiger partial charge < -0.3 is 9.52 Å². The van der Waals surface area contributed by atoms with Crippen LogP contribution in [0.1, 0.15) is 25.0 Å². The van der Waals surface area contributed by atoms with Gasteiger partial charge in [0.2, 0.25) is 0 Å². The Hall–Kier alpha value is -2.14. The fourth-order valence-electron chi connectivity index (χ4n) is 2.93. The Kier molecular flexibility index (Phi) is 4.24. The van der Waals surface area contributed by atoms with E-state index in [0.29, 0.717) is 30.0 Å². The van der Waals surface area contributed by atoms with Crippen LogP contribution in [0.2, 0.25) is 0 Å². The van der Waals surface area contributed by atoms with Gasteiger partial charge in [-0.2, -0.15) is 0 Å². The molecule has 0 saturated carbocycles. The van der Waals surface area contributed by atoms with Gasteiger partial charge in [-0.3, -0.25) is 9.69 Å². The van der Waals surface area contributed by atoms with E-state index in [1.165, 1.54) is 6.07 Å². The molecule has 1 atom stereocenters. The van der Waals surface area contributed by atoms with Crippen LogP contribution in [-0.2, 0) is 11.3 Å². The Morgan fingerprint density at radius 2 is 2.09 bits per heavy atom. The minimum absolute atomic E-state index is 0.329. The first-order valence-electron chi connectivity index (χ1n) is 7.45. The van der Waals surface area contributed by atoms with Crippen LogP contribution in [0.25, 0.3) is 11.3 Å². The van der Waals surface area contributed by atoms with Crippen molar-refractivity contribution in [2.75, 3.05) is 6.54 Å². The van der Waals surface area contributed by atoms with Crippen LogP contribution in [-0.4, -0.2) is 28.6 Å². The molecule has 116 valence electrons. The zero-order valence-electron chi connectivity index (χ0n) is 12.2. The monoisotopic (exact) mass is 303 g/mol. The lowest BCUT2D eigenvalue weighted by Gasteiger charge is -2.31. The highest BCUT2D eigenvalue weighted by atomic mass is 19.1. The molecular weight excluding hydrogens is 285 g/mol. The highest BCUT2D eigenvalue weighted by molar-refractivity contribution is 5.73. The zero-order chi connectivity index (χ0) is 15.5. The predicted octanol–water partition coefficient (Wildman–Crippen LogP) is 3.52. The van der Waals surface area contributed by atoms with Gasteiger partial charge in [0, 0.05) is 0 Å². The van der Waals surface area contributed by atoms with Gasteiger partial charge in [0.25, 0.3) is 0 Å². The van der Waals surface area contributed by atoms with E-state index >= 15 is 0 Å². The summed E-state index contributed by atoms with van der Waals surface area (Å²) in [6.45, 7) is 1.18. The molecule has 1 aliphatic heterocycles. The minimum Gasteiger partial charge on any atom is -0.480 e. The van der Waals surface area contributed by atoms with Crippen molar-refractivity contribution in [2.24, 2.45) is 0 Å². The highest BCUT2D eigenvalue weighted by Crippen LogP contribution is 2.27. The normalized spacial score (nSPS) is 19.2. The molecule has 0 spiro atoms. The van der Waals surface area contributed by atoms with Crippen molar-refractivity contribution in [2.45, 2.75) is 31.8 Å². The number of furan rings is 1. The highest BCUT2D eigenvalue weighted by Gasteiger charge is 2.29. The minimum atomic E-state index is -0.791. The number of carbonyl (C=O) groups is 1. The van der Waals surface area contributed by atoms with E-state index in [9.17, 15) is 14.3 Å². The maximum Gasteiger partial charge on any atom is 0.320 e. The Balaban J connectivity index is 1.77. The standard InChI is InChI=1S/C17H18FNO3/c18-14-6-2-1-5-13(14)16-9-8-12(22-16)11-19-10-4-3-7-15(19)17(20)21/h1-2,5-6,8-9,15H,3-4,7,10-11H2,(H,20,21). The van der Waals surface area contributed by atoms with Gasteiger partial charge in [-0.15, -0.1) is 0 Å². The van der Waals surface area contributed by atoms with E-state index in [4.69, 9.17) is 4.42 Å². The lowest BCUT2D eigenvalue weighted by atomic mass is 10.0. The van der Waals surface area contributed by atoms with Crippen LogP contribution in [0.3, 0.4) is 0 Å². The fraction of sp³-hybridized carbons (Fsp3) is 0.353. The summed E-state index contributed by atoms with van der Waals surface area (Å²) >= 11 is 0. The molecule has 2 heterocycles. The van der Waals surface area contributed by atoms with E-state index < -0.39 is 12.0 Å². The van der Waals surface area contributed by atoms with Crippen molar-refractivity contribution in [3.8, 4) is 11.3 Å². The number of halogens is 1. The molecule has 2 aromatic rings. The lowest BCUT2D eigenvalue weighted by Crippen LogP contribution is -2.43. The van der Waals surface area contributed by atoms with E-state index in [1.54, 1.807) is 30.3 Å². The molecule has 0 amide bonds. The second-order valence-electron chi connectivity index (χ2n) is 5.57. The van der Waals surface area contributed by atoms with Gasteiger partial charge in [0.15, 0.2) is 0 Å². The van der Waals surface area contributed by atoms with Crippen molar-refractivity contribution in [1.82, 2.24) is 4.90 Å². The molecule has 1 aliphatic rings. The van der Waals surface area contributed by atoms with Gasteiger partial charge in [-0.05, 0) is 43.7 Å². The number of aliphatic carboxylic acids is 1. The SMILES string of the molecule is O=C(O)C1CCCCN1Cc1ccc(-c2ccccc2F)o1. The van der Waals surface area contributed by atoms with E-state index in [2.05, 4.69) is 0 Å². The Morgan fingerprint density at radius 1 is 1.27 bits per heavy atom. The van der Waals surface area contributed by atoms with Crippen molar-refractivity contribution in [3.05, 3.63) is 48.0 Å². The number of benzene rings is 1. The number of piperidine rings is 1. The van der Waals surface area contributed by atoms with Gasteiger partial charge in [0.05, 0.1) is 12.1 Å². The summed E-state index contributed by atoms with van der Waals surface area (Å²) in [4.78, 5) is 13.2. The zero-order valence-corrected chi connectivity index (χ0v) is 12.2. The van der Waals surface area contributed by atoms with Crippen molar-refractivity contribution in [3.63, 3.8) is 0 Å². The molecule has 0 aliphatic carbocycles. The molecule has 1 N–H and O–H groups in total. The van der Waals surface area contributed by atoms with Crippen LogP contribution in [0, 0.1) is 5.82 Å². The van der Waals surface area contributed by atoms with E-state index in [-0.39, 0.29) is 5.82 Å². The first-order chi connectivity index (χ1) is 10.6. The molecule has 0 radical (unpaired) electrons. The van der Waals surface area contributed by atoms with Gasteiger partial charge in [-0.25, -0.2) is 4.39 Å². The average Bonchev–Trinajstić information content (AvgIpc) is 2.96. The van der Waals surface area contributed by atoms with Gasteiger partial charge >= 0.3 is 5.97 Å². The topological polar surface area (TPSA) is 53.7 Å². The number of carboxylic acid groups (broad SMARTS) is 1. The summed E-state index contributed by atoms with van der Waals surface area (Å²) in [5.74, 6) is 0.00811. The van der Waals surface area contributed by atoms with Crippen molar-refractivity contribution in [1.29, 1.82) is 0 Å². The molecule has 1 saturated heterocycles. The van der Waals surface area contributed by atoms with Crippen molar-refractivity contribution < 1.29 is 18.7 Å². The van der Waals surface area contributed by atoms with Gasteiger partial charge in [0.1, 0.15) is 23.4 Å². The molecular formula is C17H18FNO3. The molecule has 1 aromatic heterocycles. The van der Waals surface area contributed by atoms with E-state index in [1.807, 2.05) is 4.90 Å². The second-order valence-corrected chi connectivity index (χ2v) is 5.57.